The van der Waals surface area contributed by atoms with Crippen LogP contribution in [0.3, 0.4) is 0 Å². The fourth-order valence-corrected chi connectivity index (χ4v) is 3.95. The second-order valence-corrected chi connectivity index (χ2v) is 6.86. The van der Waals surface area contributed by atoms with E-state index in [0.717, 1.165) is 33.0 Å². The second kappa shape index (κ2) is 6.54. The molecule has 0 spiro atoms. The van der Waals surface area contributed by atoms with Crippen molar-refractivity contribution in [2.75, 3.05) is 7.11 Å². The van der Waals surface area contributed by atoms with Gasteiger partial charge >= 0.3 is 5.97 Å². The molecule has 3 heteroatoms. The third kappa shape index (κ3) is 2.55. The van der Waals surface area contributed by atoms with Gasteiger partial charge in [-0.05, 0) is 34.0 Å². The maximum atomic E-state index is 13.1. The number of carbonyl (C=O) groups excluding carboxylic acids is 1. The van der Waals surface area contributed by atoms with Gasteiger partial charge < -0.3 is 9.47 Å². The zero-order chi connectivity index (χ0) is 19.1. The van der Waals surface area contributed by atoms with E-state index in [4.69, 9.17) is 9.47 Å². The van der Waals surface area contributed by atoms with E-state index in [0.29, 0.717) is 11.3 Å². The zero-order valence-electron chi connectivity index (χ0n) is 15.4. The van der Waals surface area contributed by atoms with Crippen LogP contribution in [-0.2, 0) is 4.74 Å². The van der Waals surface area contributed by atoms with Crippen LogP contribution in [0.15, 0.2) is 84.9 Å². The van der Waals surface area contributed by atoms with E-state index in [2.05, 4.69) is 12.1 Å². The number of benzene rings is 4. The van der Waals surface area contributed by atoms with Gasteiger partial charge in [0.25, 0.3) is 0 Å². The van der Waals surface area contributed by atoms with E-state index >= 15 is 0 Å². The van der Waals surface area contributed by atoms with Crippen molar-refractivity contribution in [3.05, 3.63) is 102 Å². The first-order chi connectivity index (χ1) is 13.8. The molecule has 5 rings (SSSR count). The van der Waals surface area contributed by atoms with E-state index in [1.807, 2.05) is 72.8 Å². The molecule has 0 saturated heterocycles. The summed E-state index contributed by atoms with van der Waals surface area (Å²) in [4.78, 5) is 13.1. The molecule has 1 aliphatic rings. The number of fused-ring (bicyclic) bond motifs is 4. The Morgan fingerprint density at radius 1 is 0.750 bits per heavy atom. The molecule has 0 fully saturated rings. The summed E-state index contributed by atoms with van der Waals surface area (Å²) in [5.74, 6) is 0.127. The largest absolute Gasteiger partial charge is 0.496 e. The minimum absolute atomic E-state index is 0.390. The molecule has 0 bridgehead atoms. The highest BCUT2D eigenvalue weighted by molar-refractivity contribution is 5.99. The van der Waals surface area contributed by atoms with Crippen LogP contribution < -0.4 is 4.74 Å². The minimum Gasteiger partial charge on any atom is -0.496 e. The van der Waals surface area contributed by atoms with Gasteiger partial charge in [0.1, 0.15) is 11.3 Å². The van der Waals surface area contributed by atoms with E-state index in [1.54, 1.807) is 7.11 Å². The molecule has 0 N–H and O–H groups in total. The minimum atomic E-state index is -0.420. The van der Waals surface area contributed by atoms with Crippen LogP contribution in [0.2, 0.25) is 0 Å². The fourth-order valence-electron chi connectivity index (χ4n) is 3.95. The van der Waals surface area contributed by atoms with E-state index in [1.165, 1.54) is 0 Å². The molecule has 0 heterocycles. The average molecular weight is 366 g/mol. The Labute approximate surface area is 163 Å². The Balaban J connectivity index is 1.57. The van der Waals surface area contributed by atoms with Gasteiger partial charge in [0.05, 0.1) is 7.11 Å². The van der Waals surface area contributed by atoms with Crippen molar-refractivity contribution < 1.29 is 14.3 Å². The Hall–Kier alpha value is -3.59. The smallest absolute Gasteiger partial charge is 0.342 e. The van der Waals surface area contributed by atoms with Crippen molar-refractivity contribution in [1.29, 1.82) is 0 Å². The van der Waals surface area contributed by atoms with E-state index in [9.17, 15) is 4.79 Å². The predicted octanol–water partition coefficient (Wildman–Crippen LogP) is 5.78. The highest BCUT2D eigenvalue weighted by Gasteiger charge is 2.32. The number of methoxy groups -OCH3 is 1. The number of hydrogen-bond acceptors (Lipinski definition) is 3. The van der Waals surface area contributed by atoms with Crippen molar-refractivity contribution in [3.8, 4) is 16.9 Å². The van der Waals surface area contributed by atoms with Gasteiger partial charge in [0.15, 0.2) is 6.10 Å². The van der Waals surface area contributed by atoms with Crippen molar-refractivity contribution >= 4 is 16.7 Å². The molecular formula is C25H18O3. The Morgan fingerprint density at radius 3 is 1.89 bits per heavy atom. The SMILES string of the molecule is COc1cc2ccccc2cc1C(=O)OC1c2ccccc2-c2ccccc21. The lowest BCUT2D eigenvalue weighted by molar-refractivity contribution is 0.0382. The van der Waals surface area contributed by atoms with Gasteiger partial charge in [0, 0.05) is 11.1 Å². The third-order valence-electron chi connectivity index (χ3n) is 5.29. The molecule has 0 unspecified atom stereocenters. The molecule has 4 aromatic rings. The second-order valence-electron chi connectivity index (χ2n) is 6.86. The van der Waals surface area contributed by atoms with Gasteiger partial charge in [-0.15, -0.1) is 0 Å². The normalized spacial score (nSPS) is 12.5. The fraction of sp³-hybridized carbons (Fsp3) is 0.0800. The van der Waals surface area contributed by atoms with Crippen LogP contribution in [0.5, 0.6) is 5.75 Å². The van der Waals surface area contributed by atoms with Gasteiger partial charge in [0.2, 0.25) is 0 Å². The average Bonchev–Trinajstić information content (AvgIpc) is 3.06. The molecule has 0 radical (unpaired) electrons. The summed E-state index contributed by atoms with van der Waals surface area (Å²) >= 11 is 0. The molecule has 4 aromatic carbocycles. The van der Waals surface area contributed by atoms with E-state index < -0.39 is 6.10 Å². The molecule has 0 amide bonds. The quantitative estimate of drug-likeness (QED) is 0.432. The number of esters is 1. The predicted molar refractivity (Wildman–Crippen MR) is 110 cm³/mol. The molecule has 136 valence electrons. The zero-order valence-corrected chi connectivity index (χ0v) is 15.4. The molecule has 0 aliphatic heterocycles. The van der Waals surface area contributed by atoms with E-state index in [-0.39, 0.29) is 5.97 Å². The van der Waals surface area contributed by atoms with Crippen LogP contribution >= 0.6 is 0 Å². The first-order valence-electron chi connectivity index (χ1n) is 9.22. The van der Waals surface area contributed by atoms with Crippen LogP contribution in [0.1, 0.15) is 27.6 Å². The third-order valence-corrected chi connectivity index (χ3v) is 5.29. The van der Waals surface area contributed by atoms with Crippen LogP contribution in [-0.4, -0.2) is 13.1 Å². The van der Waals surface area contributed by atoms with Crippen molar-refractivity contribution in [3.63, 3.8) is 0 Å². The summed E-state index contributed by atoms with van der Waals surface area (Å²) in [6.07, 6.45) is -0.420. The van der Waals surface area contributed by atoms with Crippen LogP contribution in [0.25, 0.3) is 21.9 Å². The van der Waals surface area contributed by atoms with Gasteiger partial charge in [-0.3, -0.25) is 0 Å². The highest BCUT2D eigenvalue weighted by atomic mass is 16.5. The maximum absolute atomic E-state index is 13.1. The first kappa shape index (κ1) is 16.6. The van der Waals surface area contributed by atoms with Gasteiger partial charge in [-0.1, -0.05) is 72.8 Å². The Bertz CT molecular complexity index is 1160. The summed E-state index contributed by atoms with van der Waals surface area (Å²) in [6.45, 7) is 0. The monoisotopic (exact) mass is 366 g/mol. The van der Waals surface area contributed by atoms with Gasteiger partial charge in [-0.25, -0.2) is 4.79 Å². The van der Waals surface area contributed by atoms with Crippen molar-refractivity contribution in [2.24, 2.45) is 0 Å². The Kier molecular flexibility index (Phi) is 3.87. The lowest BCUT2D eigenvalue weighted by atomic mass is 10.1. The number of carbonyl (C=O) groups is 1. The summed E-state index contributed by atoms with van der Waals surface area (Å²) in [5, 5.41) is 2.00. The molecular weight excluding hydrogens is 348 g/mol. The molecule has 0 saturated carbocycles. The maximum Gasteiger partial charge on any atom is 0.342 e. The molecule has 3 nitrogen and oxygen atoms in total. The van der Waals surface area contributed by atoms with Crippen molar-refractivity contribution in [1.82, 2.24) is 0 Å². The standard InChI is InChI=1S/C25H18O3/c1-27-23-15-17-9-3-2-8-16(17)14-22(23)25(26)28-24-20-12-6-4-10-18(20)19-11-5-7-13-21(19)24/h2-15,24H,1H3. The van der Waals surface area contributed by atoms with Gasteiger partial charge in [-0.2, -0.15) is 0 Å². The molecule has 0 aromatic heterocycles. The number of hydrogen-bond donors (Lipinski definition) is 0. The number of ether oxygens (including phenoxy) is 2. The number of rotatable bonds is 3. The lowest BCUT2D eigenvalue weighted by Gasteiger charge is -2.17. The highest BCUT2D eigenvalue weighted by Crippen LogP contribution is 2.45. The molecule has 0 atom stereocenters. The Morgan fingerprint density at radius 2 is 1.29 bits per heavy atom. The van der Waals surface area contributed by atoms with Crippen molar-refractivity contribution in [2.45, 2.75) is 6.10 Å². The summed E-state index contributed by atoms with van der Waals surface area (Å²) in [6, 6.07) is 27.7. The first-order valence-corrected chi connectivity index (χ1v) is 9.22. The molecule has 1 aliphatic carbocycles. The molecule has 28 heavy (non-hydrogen) atoms. The summed E-state index contributed by atoms with van der Waals surface area (Å²) < 4.78 is 11.5. The van der Waals surface area contributed by atoms with Crippen LogP contribution in [0.4, 0.5) is 0 Å². The topological polar surface area (TPSA) is 35.5 Å². The summed E-state index contributed by atoms with van der Waals surface area (Å²) in [7, 11) is 1.57. The lowest BCUT2D eigenvalue weighted by Crippen LogP contribution is -2.12. The van der Waals surface area contributed by atoms with Crippen LogP contribution in [0, 0.1) is 0 Å². The summed E-state index contributed by atoms with van der Waals surface area (Å²) in [5.41, 5.74) is 4.68.